The van der Waals surface area contributed by atoms with Gasteiger partial charge in [-0.1, -0.05) is 6.07 Å². The fraction of sp³-hybridized carbons (Fsp3) is 0.167. The Bertz CT molecular complexity index is 1270. The Labute approximate surface area is 188 Å². The van der Waals surface area contributed by atoms with Crippen LogP contribution in [0, 0.1) is 5.82 Å². The van der Waals surface area contributed by atoms with E-state index < -0.39 is 0 Å². The third-order valence-electron chi connectivity index (χ3n) is 4.87. The zero-order chi connectivity index (χ0) is 22.5. The molecule has 0 bridgehead atoms. The highest BCUT2D eigenvalue weighted by molar-refractivity contribution is 7.09. The van der Waals surface area contributed by atoms with Crippen molar-refractivity contribution in [2.24, 2.45) is 0 Å². The molecule has 4 aromatic rings. The summed E-state index contributed by atoms with van der Waals surface area (Å²) in [6.07, 6.45) is 0. The first-order valence-corrected chi connectivity index (χ1v) is 11.0. The lowest BCUT2D eigenvalue weighted by Gasteiger charge is -2.22. The molecule has 0 atom stereocenters. The summed E-state index contributed by atoms with van der Waals surface area (Å²) in [5.74, 6) is 0.329. The number of halogens is 1. The molecule has 32 heavy (non-hydrogen) atoms. The monoisotopic (exact) mass is 451 g/mol. The van der Waals surface area contributed by atoms with Crippen molar-refractivity contribution in [2.45, 2.75) is 20.0 Å². The Morgan fingerprint density at radius 2 is 1.94 bits per heavy atom. The van der Waals surface area contributed by atoms with Gasteiger partial charge >= 0.3 is 6.03 Å². The van der Waals surface area contributed by atoms with Gasteiger partial charge in [-0.2, -0.15) is 0 Å². The van der Waals surface area contributed by atoms with Crippen LogP contribution in [0.4, 0.5) is 14.9 Å². The van der Waals surface area contributed by atoms with Gasteiger partial charge in [-0.25, -0.2) is 9.18 Å². The van der Waals surface area contributed by atoms with E-state index in [1.54, 1.807) is 23.1 Å². The second-order valence-electron chi connectivity index (χ2n) is 7.18. The topological polar surface area (TPSA) is 74.4 Å². The van der Waals surface area contributed by atoms with E-state index in [0.29, 0.717) is 35.7 Å². The van der Waals surface area contributed by atoms with Gasteiger partial charge in [0.25, 0.3) is 5.56 Å². The van der Waals surface area contributed by atoms with E-state index in [1.807, 2.05) is 30.5 Å². The van der Waals surface area contributed by atoms with Gasteiger partial charge in [0.2, 0.25) is 0 Å². The molecule has 0 aliphatic carbocycles. The third-order valence-corrected chi connectivity index (χ3v) is 5.74. The number of amides is 2. The minimum absolute atomic E-state index is 0.106. The van der Waals surface area contributed by atoms with E-state index in [1.165, 1.54) is 35.6 Å². The van der Waals surface area contributed by atoms with E-state index in [9.17, 15) is 14.0 Å². The van der Waals surface area contributed by atoms with Gasteiger partial charge in [-0.15, -0.1) is 11.3 Å². The Balaban J connectivity index is 1.62. The highest BCUT2D eigenvalue weighted by Crippen LogP contribution is 2.21. The number of thiophene rings is 1. The van der Waals surface area contributed by atoms with Crippen LogP contribution < -0.4 is 15.6 Å². The number of rotatable bonds is 7. The van der Waals surface area contributed by atoms with Crippen LogP contribution in [0.25, 0.3) is 10.9 Å². The minimum Gasteiger partial charge on any atom is -0.494 e. The lowest BCUT2D eigenvalue weighted by Crippen LogP contribution is -2.35. The zero-order valence-corrected chi connectivity index (χ0v) is 18.2. The van der Waals surface area contributed by atoms with Crippen molar-refractivity contribution in [3.8, 4) is 5.75 Å². The molecular weight excluding hydrogens is 429 g/mol. The number of aromatic amines is 1. The van der Waals surface area contributed by atoms with Crippen LogP contribution in [-0.4, -0.2) is 22.5 Å². The summed E-state index contributed by atoms with van der Waals surface area (Å²) >= 11 is 1.53. The summed E-state index contributed by atoms with van der Waals surface area (Å²) in [5, 5.41) is 5.53. The molecule has 4 rings (SSSR count). The number of hydrogen-bond acceptors (Lipinski definition) is 4. The fourth-order valence-corrected chi connectivity index (χ4v) is 4.05. The number of anilines is 1. The molecule has 0 saturated heterocycles. The van der Waals surface area contributed by atoms with Crippen LogP contribution in [0.15, 0.2) is 70.8 Å². The van der Waals surface area contributed by atoms with Crippen molar-refractivity contribution < 1.29 is 13.9 Å². The molecule has 0 aliphatic rings. The summed E-state index contributed by atoms with van der Waals surface area (Å²) in [6.45, 7) is 2.89. The van der Waals surface area contributed by atoms with Crippen LogP contribution in [0.2, 0.25) is 0 Å². The van der Waals surface area contributed by atoms with Gasteiger partial charge in [0.05, 0.1) is 19.7 Å². The number of urea groups is 1. The van der Waals surface area contributed by atoms with Gasteiger partial charge < -0.3 is 19.9 Å². The smallest absolute Gasteiger partial charge is 0.322 e. The number of ether oxygens (including phenoxy) is 1. The third kappa shape index (κ3) is 5.15. The zero-order valence-electron chi connectivity index (χ0n) is 17.4. The van der Waals surface area contributed by atoms with E-state index in [-0.39, 0.29) is 24.0 Å². The quantitative estimate of drug-likeness (QED) is 0.397. The number of hydrogen-bond donors (Lipinski definition) is 2. The summed E-state index contributed by atoms with van der Waals surface area (Å²) in [5.41, 5.74) is 1.37. The number of benzene rings is 2. The molecule has 2 heterocycles. The number of nitrogens with zero attached hydrogens (tertiary/aromatic N) is 1. The average molecular weight is 452 g/mol. The Morgan fingerprint density at radius 1 is 1.12 bits per heavy atom. The molecule has 2 amide bonds. The van der Waals surface area contributed by atoms with Crippen LogP contribution in [0.3, 0.4) is 0 Å². The summed E-state index contributed by atoms with van der Waals surface area (Å²) in [4.78, 5) is 31.2. The van der Waals surface area contributed by atoms with E-state index in [4.69, 9.17) is 4.74 Å². The molecule has 2 N–H and O–H groups in total. The molecule has 6 nitrogen and oxygen atoms in total. The minimum atomic E-state index is -0.382. The van der Waals surface area contributed by atoms with Crippen molar-refractivity contribution in [2.75, 3.05) is 11.9 Å². The van der Waals surface area contributed by atoms with E-state index in [0.717, 1.165) is 10.3 Å². The van der Waals surface area contributed by atoms with Crippen LogP contribution >= 0.6 is 11.3 Å². The maximum atomic E-state index is 13.2. The first-order valence-electron chi connectivity index (χ1n) is 10.1. The normalized spacial score (nSPS) is 10.8. The maximum Gasteiger partial charge on any atom is 0.322 e. The largest absolute Gasteiger partial charge is 0.494 e. The predicted molar refractivity (Wildman–Crippen MR) is 125 cm³/mol. The molecule has 0 spiro atoms. The van der Waals surface area contributed by atoms with Crippen molar-refractivity contribution >= 4 is 34.0 Å². The maximum absolute atomic E-state index is 13.2. The first kappa shape index (κ1) is 21.6. The van der Waals surface area contributed by atoms with Crippen molar-refractivity contribution in [1.29, 1.82) is 0 Å². The number of pyridine rings is 1. The van der Waals surface area contributed by atoms with Gasteiger partial charge in [0.1, 0.15) is 11.6 Å². The number of carbonyl (C=O) groups is 1. The summed E-state index contributed by atoms with van der Waals surface area (Å²) < 4.78 is 18.8. The number of fused-ring (bicyclic) bond motifs is 1. The lowest BCUT2D eigenvalue weighted by molar-refractivity contribution is 0.207. The number of carbonyl (C=O) groups excluding carboxylic acids is 1. The molecule has 0 fully saturated rings. The molecule has 2 aromatic carbocycles. The van der Waals surface area contributed by atoms with Gasteiger partial charge in [-0.05, 0) is 66.9 Å². The van der Waals surface area contributed by atoms with E-state index >= 15 is 0 Å². The summed E-state index contributed by atoms with van der Waals surface area (Å²) in [6, 6.07) is 16.3. The number of aromatic nitrogens is 1. The van der Waals surface area contributed by atoms with Gasteiger partial charge in [0.15, 0.2) is 0 Å². The number of nitrogens with one attached hydrogen (secondary N) is 2. The second-order valence-corrected chi connectivity index (χ2v) is 8.21. The molecule has 0 unspecified atom stereocenters. The molecule has 0 saturated carbocycles. The highest BCUT2D eigenvalue weighted by atomic mass is 32.1. The average Bonchev–Trinajstić information content (AvgIpc) is 3.29. The van der Waals surface area contributed by atoms with Gasteiger partial charge in [0, 0.05) is 27.0 Å². The highest BCUT2D eigenvalue weighted by Gasteiger charge is 2.18. The first-order chi connectivity index (χ1) is 15.5. The van der Waals surface area contributed by atoms with E-state index in [2.05, 4.69) is 10.3 Å². The molecule has 0 aliphatic heterocycles. The molecular formula is C24H22FN3O3S. The van der Waals surface area contributed by atoms with Crippen molar-refractivity contribution in [3.05, 3.63) is 92.7 Å². The van der Waals surface area contributed by atoms with Crippen LogP contribution in [0.5, 0.6) is 5.75 Å². The van der Waals surface area contributed by atoms with Crippen molar-refractivity contribution in [1.82, 2.24) is 9.88 Å². The standard InChI is InChI=1S/C24H22FN3O3S/c1-2-31-20-9-10-22-16(13-20)12-17(23(29)27-22)14-28(15-21-4-3-11-32-21)24(30)26-19-7-5-18(25)6-8-19/h3-13H,2,14-15H2,1H3,(H,26,30)(H,27,29). The SMILES string of the molecule is CCOc1ccc2[nH]c(=O)c(CN(Cc3cccs3)C(=O)Nc3ccc(F)cc3)cc2c1. The fourth-order valence-electron chi connectivity index (χ4n) is 3.34. The van der Waals surface area contributed by atoms with Gasteiger partial charge in [-0.3, -0.25) is 4.79 Å². The number of H-pyrrole nitrogens is 1. The molecule has 0 radical (unpaired) electrons. The summed E-state index contributed by atoms with van der Waals surface area (Å²) in [7, 11) is 0. The molecule has 164 valence electrons. The Morgan fingerprint density at radius 3 is 2.66 bits per heavy atom. The van der Waals surface area contributed by atoms with Crippen LogP contribution in [-0.2, 0) is 13.1 Å². The predicted octanol–water partition coefficient (Wildman–Crippen LogP) is 5.36. The Hall–Kier alpha value is -3.65. The molecule has 2 aromatic heterocycles. The lowest BCUT2D eigenvalue weighted by atomic mass is 10.1. The molecule has 8 heteroatoms. The second kappa shape index (κ2) is 9.65. The van der Waals surface area contributed by atoms with Crippen LogP contribution in [0.1, 0.15) is 17.4 Å². The Kier molecular flexibility index (Phi) is 6.51. The van der Waals surface area contributed by atoms with Crippen molar-refractivity contribution in [3.63, 3.8) is 0 Å².